The number of aliphatic hydroxyl groups is 1. The average molecular weight is 370 g/mol. The fraction of sp³-hybridized carbons (Fsp3) is 0.588. The SMILES string of the molecule is O=C(Nc1ccc(N2CCSCC2)c(Cl)c1)NC1CCC(O)CC1. The van der Waals surface area contributed by atoms with E-state index in [0.717, 1.165) is 56.0 Å². The van der Waals surface area contributed by atoms with Crippen LogP contribution in [0.25, 0.3) is 0 Å². The van der Waals surface area contributed by atoms with Gasteiger partial charge in [-0.3, -0.25) is 0 Å². The Hall–Kier alpha value is -1.11. The monoisotopic (exact) mass is 369 g/mol. The van der Waals surface area contributed by atoms with E-state index in [2.05, 4.69) is 15.5 Å². The molecule has 1 aliphatic heterocycles. The van der Waals surface area contributed by atoms with Crippen LogP contribution in [0.2, 0.25) is 5.02 Å². The first-order valence-corrected chi connectivity index (χ1v) is 10.0. The zero-order valence-electron chi connectivity index (χ0n) is 13.6. The van der Waals surface area contributed by atoms with Crippen LogP contribution in [0.15, 0.2) is 18.2 Å². The molecule has 132 valence electrons. The predicted molar refractivity (Wildman–Crippen MR) is 101 cm³/mol. The molecule has 3 rings (SSSR count). The molecule has 2 fully saturated rings. The lowest BCUT2D eigenvalue weighted by molar-refractivity contribution is 0.118. The van der Waals surface area contributed by atoms with Gasteiger partial charge in [0.1, 0.15) is 0 Å². The Balaban J connectivity index is 1.55. The highest BCUT2D eigenvalue weighted by Crippen LogP contribution is 2.30. The second-order valence-electron chi connectivity index (χ2n) is 6.37. The summed E-state index contributed by atoms with van der Waals surface area (Å²) in [6.45, 7) is 2.01. The minimum absolute atomic E-state index is 0.133. The number of hydrogen-bond acceptors (Lipinski definition) is 4. The van der Waals surface area contributed by atoms with Crippen LogP contribution < -0.4 is 15.5 Å². The summed E-state index contributed by atoms with van der Waals surface area (Å²) in [5.74, 6) is 2.24. The summed E-state index contributed by atoms with van der Waals surface area (Å²) in [7, 11) is 0. The molecule has 0 spiro atoms. The van der Waals surface area contributed by atoms with Gasteiger partial charge in [0.15, 0.2) is 0 Å². The zero-order chi connectivity index (χ0) is 16.9. The number of rotatable bonds is 3. The molecule has 1 aliphatic carbocycles. The molecule has 0 atom stereocenters. The molecule has 2 amide bonds. The first-order valence-electron chi connectivity index (χ1n) is 8.49. The number of nitrogens with zero attached hydrogens (tertiary/aromatic N) is 1. The summed E-state index contributed by atoms with van der Waals surface area (Å²) < 4.78 is 0. The van der Waals surface area contributed by atoms with Crippen LogP contribution in [0.4, 0.5) is 16.2 Å². The van der Waals surface area contributed by atoms with E-state index >= 15 is 0 Å². The molecule has 0 radical (unpaired) electrons. The summed E-state index contributed by atoms with van der Waals surface area (Å²) in [6, 6.07) is 5.60. The molecule has 0 bridgehead atoms. The molecule has 0 aromatic heterocycles. The maximum Gasteiger partial charge on any atom is 0.319 e. The van der Waals surface area contributed by atoms with Crippen molar-refractivity contribution in [2.45, 2.75) is 37.8 Å². The zero-order valence-corrected chi connectivity index (χ0v) is 15.2. The van der Waals surface area contributed by atoms with Gasteiger partial charge in [0, 0.05) is 36.3 Å². The quantitative estimate of drug-likeness (QED) is 0.764. The van der Waals surface area contributed by atoms with Gasteiger partial charge in [-0.25, -0.2) is 4.79 Å². The molecular formula is C17H24ClN3O2S. The Morgan fingerprint density at radius 3 is 2.58 bits per heavy atom. The number of halogens is 1. The molecule has 3 N–H and O–H groups in total. The molecule has 1 saturated carbocycles. The molecule has 1 aromatic rings. The van der Waals surface area contributed by atoms with Crippen molar-refractivity contribution >= 4 is 40.8 Å². The van der Waals surface area contributed by atoms with Crippen LogP contribution in [0, 0.1) is 0 Å². The molecule has 1 saturated heterocycles. The van der Waals surface area contributed by atoms with Crippen molar-refractivity contribution < 1.29 is 9.90 Å². The lowest BCUT2D eigenvalue weighted by Crippen LogP contribution is -2.40. The third kappa shape index (κ3) is 4.71. The number of carbonyl (C=O) groups excluding carboxylic acids is 1. The number of carbonyl (C=O) groups is 1. The van der Waals surface area contributed by atoms with Crippen LogP contribution in [-0.4, -0.2) is 47.9 Å². The van der Waals surface area contributed by atoms with Crippen LogP contribution in [0.5, 0.6) is 0 Å². The van der Waals surface area contributed by atoms with Gasteiger partial charge in [-0.05, 0) is 43.9 Å². The normalized spacial score (nSPS) is 24.5. The molecule has 1 heterocycles. The number of amides is 2. The third-order valence-corrected chi connectivity index (χ3v) is 5.83. The summed E-state index contributed by atoms with van der Waals surface area (Å²) in [5.41, 5.74) is 1.73. The van der Waals surface area contributed by atoms with Crippen LogP contribution in [0.1, 0.15) is 25.7 Å². The van der Waals surface area contributed by atoms with Crippen LogP contribution in [0.3, 0.4) is 0 Å². The van der Waals surface area contributed by atoms with Gasteiger partial charge >= 0.3 is 6.03 Å². The second-order valence-corrected chi connectivity index (χ2v) is 8.00. The summed E-state index contributed by atoms with van der Waals surface area (Å²) in [6.07, 6.45) is 2.92. The van der Waals surface area contributed by atoms with Crippen LogP contribution in [-0.2, 0) is 0 Å². The summed E-state index contributed by atoms with van der Waals surface area (Å²) in [5, 5.41) is 16.0. The van der Waals surface area contributed by atoms with Gasteiger partial charge in [0.2, 0.25) is 0 Å². The topological polar surface area (TPSA) is 64.6 Å². The minimum Gasteiger partial charge on any atom is -0.393 e. The first kappa shape index (κ1) is 17.7. The number of nitrogens with one attached hydrogen (secondary N) is 2. The number of urea groups is 1. The highest BCUT2D eigenvalue weighted by molar-refractivity contribution is 7.99. The Kier molecular flexibility index (Phi) is 6.14. The van der Waals surface area contributed by atoms with Crippen molar-refractivity contribution in [1.82, 2.24) is 5.32 Å². The van der Waals surface area contributed by atoms with Crippen molar-refractivity contribution in [3.63, 3.8) is 0 Å². The van der Waals surface area contributed by atoms with Crippen LogP contribution >= 0.6 is 23.4 Å². The molecule has 0 unspecified atom stereocenters. The highest BCUT2D eigenvalue weighted by Gasteiger charge is 2.21. The van der Waals surface area contributed by atoms with Gasteiger partial charge in [-0.1, -0.05) is 11.6 Å². The van der Waals surface area contributed by atoms with Gasteiger partial charge in [-0.2, -0.15) is 11.8 Å². The van der Waals surface area contributed by atoms with E-state index in [4.69, 9.17) is 11.6 Å². The number of benzene rings is 1. The summed E-state index contributed by atoms with van der Waals surface area (Å²) in [4.78, 5) is 14.4. The van der Waals surface area contributed by atoms with Crippen molar-refractivity contribution in [3.8, 4) is 0 Å². The Bertz CT molecular complexity index is 573. The maximum atomic E-state index is 12.1. The number of thioether (sulfide) groups is 1. The Morgan fingerprint density at radius 2 is 1.92 bits per heavy atom. The van der Waals surface area contributed by atoms with E-state index in [9.17, 15) is 9.90 Å². The van der Waals surface area contributed by atoms with Gasteiger partial charge < -0.3 is 20.6 Å². The van der Waals surface area contributed by atoms with E-state index in [1.165, 1.54) is 0 Å². The van der Waals surface area contributed by atoms with Crippen molar-refractivity contribution in [1.29, 1.82) is 0 Å². The number of hydrogen-bond donors (Lipinski definition) is 3. The average Bonchev–Trinajstić information content (AvgIpc) is 2.58. The number of anilines is 2. The van der Waals surface area contributed by atoms with E-state index in [1.54, 1.807) is 0 Å². The lowest BCUT2D eigenvalue weighted by Gasteiger charge is -2.29. The standard InChI is InChI=1S/C17H24ClN3O2S/c18-15-11-13(3-6-16(15)21-7-9-24-10-8-21)20-17(23)19-12-1-4-14(22)5-2-12/h3,6,11-12,14,22H,1-2,4-5,7-10H2,(H2,19,20,23). The highest BCUT2D eigenvalue weighted by atomic mass is 35.5. The molecule has 24 heavy (non-hydrogen) atoms. The second kappa shape index (κ2) is 8.32. The first-order chi connectivity index (χ1) is 11.6. The molecule has 1 aromatic carbocycles. The Morgan fingerprint density at radius 1 is 1.21 bits per heavy atom. The van der Waals surface area contributed by atoms with Crippen molar-refractivity contribution in [2.75, 3.05) is 34.8 Å². The van der Waals surface area contributed by atoms with Crippen molar-refractivity contribution in [2.24, 2.45) is 0 Å². The maximum absolute atomic E-state index is 12.1. The molecular weight excluding hydrogens is 346 g/mol. The van der Waals surface area contributed by atoms with Crippen molar-refractivity contribution in [3.05, 3.63) is 23.2 Å². The minimum atomic E-state index is -0.217. The smallest absolute Gasteiger partial charge is 0.319 e. The van der Waals surface area contributed by atoms with Gasteiger partial charge in [-0.15, -0.1) is 0 Å². The van der Waals surface area contributed by atoms with E-state index in [-0.39, 0.29) is 18.2 Å². The summed E-state index contributed by atoms with van der Waals surface area (Å²) >= 11 is 8.37. The lowest BCUT2D eigenvalue weighted by atomic mass is 9.93. The number of aliphatic hydroxyl groups excluding tert-OH is 1. The molecule has 5 nitrogen and oxygen atoms in total. The van der Waals surface area contributed by atoms with E-state index < -0.39 is 0 Å². The Labute approximate surface area is 152 Å². The largest absolute Gasteiger partial charge is 0.393 e. The van der Waals surface area contributed by atoms with E-state index in [1.807, 2.05) is 30.0 Å². The van der Waals surface area contributed by atoms with Gasteiger partial charge in [0.25, 0.3) is 0 Å². The van der Waals surface area contributed by atoms with E-state index in [0.29, 0.717) is 10.7 Å². The van der Waals surface area contributed by atoms with Gasteiger partial charge in [0.05, 0.1) is 16.8 Å². The molecule has 2 aliphatic rings. The third-order valence-electron chi connectivity index (χ3n) is 4.59. The predicted octanol–water partition coefficient (Wildman–Crippen LogP) is 3.32. The fourth-order valence-corrected chi connectivity index (χ4v) is 4.42. The fourth-order valence-electron chi connectivity index (χ4n) is 3.22. The molecule has 7 heteroatoms.